The smallest absolute Gasteiger partial charge is 0.319 e. The topological polar surface area (TPSA) is 53.6 Å². The number of rotatable bonds is 6. The van der Waals surface area contributed by atoms with Crippen LogP contribution in [-0.4, -0.2) is 32.3 Å². The van der Waals surface area contributed by atoms with Crippen molar-refractivity contribution in [2.24, 2.45) is 5.92 Å². The molecular formula is C21H26FN3O2. The van der Waals surface area contributed by atoms with Crippen LogP contribution < -0.4 is 20.3 Å². The van der Waals surface area contributed by atoms with Crippen molar-refractivity contribution in [2.45, 2.75) is 19.8 Å². The first kappa shape index (κ1) is 19.0. The van der Waals surface area contributed by atoms with E-state index < -0.39 is 0 Å². The number of hydrogen-bond acceptors (Lipinski definition) is 3. The van der Waals surface area contributed by atoms with E-state index in [0.29, 0.717) is 12.3 Å². The summed E-state index contributed by atoms with van der Waals surface area (Å²) < 4.78 is 18.4. The number of anilines is 2. The van der Waals surface area contributed by atoms with Gasteiger partial charge in [0.2, 0.25) is 0 Å². The zero-order chi connectivity index (χ0) is 19.1. The van der Waals surface area contributed by atoms with Crippen LogP contribution >= 0.6 is 0 Å². The average Bonchev–Trinajstić information content (AvgIpc) is 2.67. The second kappa shape index (κ2) is 9.26. The number of carbonyl (C=O) groups is 1. The zero-order valence-corrected chi connectivity index (χ0v) is 15.6. The van der Waals surface area contributed by atoms with E-state index in [0.717, 1.165) is 24.7 Å². The van der Waals surface area contributed by atoms with E-state index >= 15 is 0 Å². The molecule has 2 N–H and O–H groups in total. The molecule has 2 aromatic rings. The van der Waals surface area contributed by atoms with Crippen molar-refractivity contribution in [1.29, 1.82) is 0 Å². The molecule has 1 fully saturated rings. The maximum atomic E-state index is 13.0. The van der Waals surface area contributed by atoms with Gasteiger partial charge in [-0.3, -0.25) is 0 Å². The number of halogens is 1. The third-order valence-corrected chi connectivity index (χ3v) is 4.73. The summed E-state index contributed by atoms with van der Waals surface area (Å²) >= 11 is 0. The van der Waals surface area contributed by atoms with E-state index in [4.69, 9.17) is 4.74 Å². The molecule has 27 heavy (non-hydrogen) atoms. The van der Waals surface area contributed by atoms with Crippen molar-refractivity contribution in [3.8, 4) is 5.75 Å². The Morgan fingerprint density at radius 1 is 1.19 bits per heavy atom. The number of carbonyl (C=O) groups excluding carboxylic acids is 1. The number of ether oxygens (including phenoxy) is 1. The van der Waals surface area contributed by atoms with Crippen molar-refractivity contribution in [3.63, 3.8) is 0 Å². The normalized spacial score (nSPS) is 14.7. The van der Waals surface area contributed by atoms with Gasteiger partial charge in [0.15, 0.2) is 0 Å². The van der Waals surface area contributed by atoms with E-state index in [1.54, 1.807) is 12.1 Å². The molecule has 1 aliphatic heterocycles. The molecule has 1 heterocycles. The molecular weight excluding hydrogens is 345 g/mol. The Labute approximate surface area is 159 Å². The number of benzene rings is 2. The summed E-state index contributed by atoms with van der Waals surface area (Å²) in [5.41, 5.74) is 1.93. The Kier molecular flexibility index (Phi) is 6.52. The van der Waals surface area contributed by atoms with Crippen molar-refractivity contribution >= 4 is 17.4 Å². The molecule has 0 unspecified atom stereocenters. The molecule has 2 amide bonds. The Morgan fingerprint density at radius 2 is 1.93 bits per heavy atom. The zero-order valence-electron chi connectivity index (χ0n) is 15.6. The fourth-order valence-electron chi connectivity index (χ4n) is 3.09. The van der Waals surface area contributed by atoms with Gasteiger partial charge in [-0.25, -0.2) is 9.18 Å². The number of piperidine rings is 1. The van der Waals surface area contributed by atoms with E-state index in [1.807, 2.05) is 24.3 Å². The number of nitrogens with one attached hydrogen (secondary N) is 2. The minimum Gasteiger partial charge on any atom is -0.492 e. The molecule has 0 aliphatic carbocycles. The van der Waals surface area contributed by atoms with Crippen LogP contribution in [0.25, 0.3) is 0 Å². The Morgan fingerprint density at radius 3 is 2.63 bits per heavy atom. The third kappa shape index (κ3) is 5.88. The molecule has 0 atom stereocenters. The van der Waals surface area contributed by atoms with Gasteiger partial charge < -0.3 is 20.3 Å². The standard InChI is InChI=1S/C21H26FN3O2/c1-16-9-12-25(13-10-16)19-7-5-18(6-8-19)24-21(26)23-11-14-27-20-4-2-3-17(22)15-20/h2-8,15-16H,9-14H2,1H3,(H2,23,24,26). The molecule has 1 aliphatic rings. The molecule has 1 saturated heterocycles. The molecule has 0 spiro atoms. The summed E-state index contributed by atoms with van der Waals surface area (Å²) in [6.45, 7) is 5.06. The van der Waals surface area contributed by atoms with Crippen LogP contribution in [-0.2, 0) is 0 Å². The van der Waals surface area contributed by atoms with E-state index in [-0.39, 0.29) is 18.5 Å². The highest BCUT2D eigenvalue weighted by Gasteiger charge is 2.15. The summed E-state index contributed by atoms with van der Waals surface area (Å²) in [5.74, 6) is 0.899. The Bertz CT molecular complexity index is 743. The largest absolute Gasteiger partial charge is 0.492 e. The van der Waals surface area contributed by atoms with Crippen molar-refractivity contribution in [3.05, 3.63) is 54.3 Å². The monoisotopic (exact) mass is 371 g/mol. The molecule has 0 saturated carbocycles. The number of nitrogens with zero attached hydrogens (tertiary/aromatic N) is 1. The van der Waals surface area contributed by atoms with Crippen molar-refractivity contribution < 1.29 is 13.9 Å². The second-order valence-corrected chi connectivity index (χ2v) is 6.90. The van der Waals surface area contributed by atoms with E-state index in [9.17, 15) is 9.18 Å². The predicted molar refractivity (Wildman–Crippen MR) is 106 cm³/mol. The molecule has 0 aromatic heterocycles. The van der Waals surface area contributed by atoms with Gasteiger partial charge in [-0.05, 0) is 55.2 Å². The summed E-state index contributed by atoms with van der Waals surface area (Å²) in [6.07, 6.45) is 2.44. The van der Waals surface area contributed by atoms with Crippen LogP contribution in [0.5, 0.6) is 5.75 Å². The van der Waals surface area contributed by atoms with Crippen molar-refractivity contribution in [2.75, 3.05) is 36.5 Å². The fraction of sp³-hybridized carbons (Fsp3) is 0.381. The molecule has 5 nitrogen and oxygen atoms in total. The molecule has 0 radical (unpaired) electrons. The first-order valence-electron chi connectivity index (χ1n) is 9.38. The Hall–Kier alpha value is -2.76. The Balaban J connectivity index is 1.39. The van der Waals surface area contributed by atoms with Gasteiger partial charge in [0.1, 0.15) is 18.2 Å². The molecule has 144 valence electrons. The lowest BCUT2D eigenvalue weighted by Crippen LogP contribution is -2.33. The predicted octanol–water partition coefficient (Wildman–Crippen LogP) is 4.26. The lowest BCUT2D eigenvalue weighted by Gasteiger charge is -2.32. The third-order valence-electron chi connectivity index (χ3n) is 4.73. The highest BCUT2D eigenvalue weighted by molar-refractivity contribution is 5.89. The highest BCUT2D eigenvalue weighted by Crippen LogP contribution is 2.24. The second-order valence-electron chi connectivity index (χ2n) is 6.90. The van der Waals surface area contributed by atoms with Gasteiger partial charge in [-0.15, -0.1) is 0 Å². The first-order chi connectivity index (χ1) is 13.1. The average molecular weight is 371 g/mol. The van der Waals surface area contributed by atoms with Gasteiger partial charge in [0.05, 0.1) is 6.54 Å². The molecule has 6 heteroatoms. The van der Waals surface area contributed by atoms with Gasteiger partial charge >= 0.3 is 6.03 Å². The highest BCUT2D eigenvalue weighted by atomic mass is 19.1. The molecule has 2 aromatic carbocycles. The minimum absolute atomic E-state index is 0.267. The van der Waals surface area contributed by atoms with Crippen LogP contribution in [0.2, 0.25) is 0 Å². The maximum Gasteiger partial charge on any atom is 0.319 e. The summed E-state index contributed by atoms with van der Waals surface area (Å²) in [4.78, 5) is 14.3. The fourth-order valence-corrected chi connectivity index (χ4v) is 3.09. The SMILES string of the molecule is CC1CCN(c2ccc(NC(=O)NCCOc3cccc(F)c3)cc2)CC1. The van der Waals surface area contributed by atoms with Gasteiger partial charge in [-0.1, -0.05) is 13.0 Å². The van der Waals surface area contributed by atoms with Crippen molar-refractivity contribution in [1.82, 2.24) is 5.32 Å². The van der Waals surface area contributed by atoms with Crippen LogP contribution in [0.4, 0.5) is 20.6 Å². The quantitative estimate of drug-likeness (QED) is 0.746. The van der Waals surface area contributed by atoms with Gasteiger partial charge in [0.25, 0.3) is 0 Å². The van der Waals surface area contributed by atoms with Gasteiger partial charge in [0, 0.05) is 30.5 Å². The minimum atomic E-state index is -0.347. The van der Waals surface area contributed by atoms with Gasteiger partial charge in [-0.2, -0.15) is 0 Å². The van der Waals surface area contributed by atoms with Crippen LogP contribution in [0.1, 0.15) is 19.8 Å². The summed E-state index contributed by atoms with van der Waals surface area (Å²) in [5, 5.41) is 5.52. The van der Waals surface area contributed by atoms with E-state index in [1.165, 1.54) is 30.7 Å². The molecule has 3 rings (SSSR count). The van der Waals surface area contributed by atoms with Crippen LogP contribution in [0.3, 0.4) is 0 Å². The van der Waals surface area contributed by atoms with E-state index in [2.05, 4.69) is 22.5 Å². The van der Waals surface area contributed by atoms with Crippen LogP contribution in [0.15, 0.2) is 48.5 Å². The number of hydrogen-bond donors (Lipinski definition) is 2. The number of urea groups is 1. The summed E-state index contributed by atoms with van der Waals surface area (Å²) in [6, 6.07) is 13.5. The maximum absolute atomic E-state index is 13.0. The summed E-state index contributed by atoms with van der Waals surface area (Å²) in [7, 11) is 0. The number of amides is 2. The lowest BCUT2D eigenvalue weighted by molar-refractivity contribution is 0.247. The van der Waals surface area contributed by atoms with Crippen LogP contribution in [0, 0.1) is 11.7 Å². The lowest BCUT2D eigenvalue weighted by atomic mass is 9.99. The first-order valence-corrected chi connectivity index (χ1v) is 9.38. The molecule has 0 bridgehead atoms.